The zero-order valence-corrected chi connectivity index (χ0v) is 8.97. The van der Waals surface area contributed by atoms with Gasteiger partial charge in [0, 0.05) is 20.8 Å². The van der Waals surface area contributed by atoms with Crippen molar-refractivity contribution in [3.63, 3.8) is 0 Å². The van der Waals surface area contributed by atoms with Crippen molar-refractivity contribution in [3.05, 3.63) is 0 Å². The second-order valence-electron chi connectivity index (χ2n) is 3.24. The van der Waals surface area contributed by atoms with E-state index in [9.17, 15) is 0 Å². The van der Waals surface area contributed by atoms with Gasteiger partial charge < -0.3 is 9.84 Å². The first-order valence-electron chi connectivity index (χ1n) is 4.71. The molecule has 0 aliphatic rings. The number of aliphatic hydroxyl groups excluding tert-OH is 1. The van der Waals surface area contributed by atoms with Gasteiger partial charge in [0.05, 0.1) is 0 Å². The molecule has 0 aromatic heterocycles. The normalized spacial score (nSPS) is 9.50. The van der Waals surface area contributed by atoms with Crippen LogP contribution < -0.4 is 0 Å². The Labute approximate surface area is 76.9 Å². The van der Waals surface area contributed by atoms with Crippen LogP contribution in [0.15, 0.2) is 0 Å². The number of hydrogen-bond donors (Lipinski definition) is 1. The summed E-state index contributed by atoms with van der Waals surface area (Å²) >= 11 is 0. The molecule has 0 radical (unpaired) electrons. The Morgan fingerprint density at radius 1 is 1.08 bits per heavy atom. The molecule has 0 heterocycles. The van der Waals surface area contributed by atoms with Crippen molar-refractivity contribution < 1.29 is 9.84 Å². The molecule has 76 valence electrons. The van der Waals surface area contributed by atoms with Crippen LogP contribution in [0.2, 0.25) is 0 Å². The van der Waals surface area contributed by atoms with Crippen molar-refractivity contribution in [2.24, 2.45) is 5.92 Å². The predicted octanol–water partition coefficient (Wildman–Crippen LogP) is 2.46. The van der Waals surface area contributed by atoms with E-state index in [0.717, 1.165) is 19.6 Å². The highest BCUT2D eigenvalue weighted by molar-refractivity contribution is 4.46. The molecule has 0 fully saturated rings. The summed E-state index contributed by atoms with van der Waals surface area (Å²) in [4.78, 5) is 0. The van der Waals surface area contributed by atoms with Gasteiger partial charge in [0.2, 0.25) is 0 Å². The highest BCUT2D eigenvalue weighted by Crippen LogP contribution is 2.07. The molecule has 0 saturated carbocycles. The lowest BCUT2D eigenvalue weighted by Crippen LogP contribution is -1.90. The Kier molecular flexibility index (Phi) is 16.3. The fourth-order valence-corrected chi connectivity index (χ4v) is 0.976. The fourth-order valence-electron chi connectivity index (χ4n) is 0.976. The van der Waals surface area contributed by atoms with E-state index in [0.29, 0.717) is 0 Å². The van der Waals surface area contributed by atoms with Crippen LogP contribution in [0.1, 0.15) is 39.5 Å². The van der Waals surface area contributed by atoms with Crippen molar-refractivity contribution >= 4 is 0 Å². The molecular formula is C10H24O2. The maximum Gasteiger partial charge on any atom is 0.0462 e. The van der Waals surface area contributed by atoms with Crippen LogP contribution in [0, 0.1) is 5.92 Å². The summed E-state index contributed by atoms with van der Waals surface area (Å²) in [5, 5.41) is 7.00. The molecule has 0 bridgehead atoms. The van der Waals surface area contributed by atoms with Crippen LogP contribution in [-0.2, 0) is 4.74 Å². The van der Waals surface area contributed by atoms with Crippen LogP contribution in [-0.4, -0.2) is 25.9 Å². The third kappa shape index (κ3) is 16.5. The second kappa shape index (κ2) is 13.5. The number of hydrogen-bond acceptors (Lipinski definition) is 2. The van der Waals surface area contributed by atoms with E-state index in [2.05, 4.69) is 13.8 Å². The molecule has 0 amide bonds. The molecule has 0 aromatic rings. The zero-order chi connectivity index (χ0) is 9.82. The topological polar surface area (TPSA) is 29.5 Å². The number of unbranched alkanes of at least 4 members (excludes halogenated alkanes) is 2. The van der Waals surface area contributed by atoms with E-state index in [1.165, 1.54) is 25.7 Å². The monoisotopic (exact) mass is 176 g/mol. The van der Waals surface area contributed by atoms with E-state index >= 15 is 0 Å². The Hall–Kier alpha value is -0.0800. The summed E-state index contributed by atoms with van der Waals surface area (Å²) < 4.78 is 4.95. The Balaban J connectivity index is 0. The van der Waals surface area contributed by atoms with Crippen molar-refractivity contribution in [1.29, 1.82) is 0 Å². The van der Waals surface area contributed by atoms with Crippen LogP contribution >= 0.6 is 0 Å². The molecule has 2 heteroatoms. The lowest BCUT2D eigenvalue weighted by Gasteiger charge is -2.02. The van der Waals surface area contributed by atoms with Gasteiger partial charge in [-0.1, -0.05) is 33.1 Å². The van der Waals surface area contributed by atoms with Gasteiger partial charge in [-0.15, -0.1) is 0 Å². The van der Waals surface area contributed by atoms with Gasteiger partial charge in [0.15, 0.2) is 0 Å². The maximum absolute atomic E-state index is 7.00. The minimum Gasteiger partial charge on any atom is -0.400 e. The van der Waals surface area contributed by atoms with E-state index in [1.54, 1.807) is 7.11 Å². The third-order valence-corrected chi connectivity index (χ3v) is 1.63. The molecular weight excluding hydrogens is 152 g/mol. The number of methoxy groups -OCH3 is 1. The first kappa shape index (κ1) is 14.4. The summed E-state index contributed by atoms with van der Waals surface area (Å²) in [5.41, 5.74) is 0. The lowest BCUT2D eigenvalue weighted by atomic mass is 10.1. The minimum absolute atomic E-state index is 0.863. The molecule has 1 N–H and O–H groups in total. The summed E-state index contributed by atoms with van der Waals surface area (Å²) in [6.07, 6.45) is 5.28. The SMILES string of the molecule is CO.COCCCCCC(C)C. The average molecular weight is 176 g/mol. The highest BCUT2D eigenvalue weighted by atomic mass is 16.5. The molecule has 12 heavy (non-hydrogen) atoms. The van der Waals surface area contributed by atoms with Crippen molar-refractivity contribution in [3.8, 4) is 0 Å². The first-order chi connectivity index (χ1) is 5.77. The first-order valence-corrected chi connectivity index (χ1v) is 4.71. The molecule has 0 spiro atoms. The molecule has 0 rings (SSSR count). The van der Waals surface area contributed by atoms with Crippen molar-refractivity contribution in [1.82, 2.24) is 0 Å². The van der Waals surface area contributed by atoms with E-state index < -0.39 is 0 Å². The van der Waals surface area contributed by atoms with Gasteiger partial charge in [0.1, 0.15) is 0 Å². The van der Waals surface area contributed by atoms with Crippen molar-refractivity contribution in [2.45, 2.75) is 39.5 Å². The smallest absolute Gasteiger partial charge is 0.0462 e. The fraction of sp³-hybridized carbons (Fsp3) is 1.00. The van der Waals surface area contributed by atoms with E-state index in [-0.39, 0.29) is 0 Å². The molecule has 0 aliphatic carbocycles. The predicted molar refractivity (Wildman–Crippen MR) is 53.3 cm³/mol. The van der Waals surface area contributed by atoms with E-state index in [1.807, 2.05) is 0 Å². The van der Waals surface area contributed by atoms with Crippen LogP contribution in [0.5, 0.6) is 0 Å². The quantitative estimate of drug-likeness (QED) is 0.630. The largest absolute Gasteiger partial charge is 0.400 e. The Bertz CT molecular complexity index is 62.9. The van der Waals surface area contributed by atoms with Crippen LogP contribution in [0.4, 0.5) is 0 Å². The van der Waals surface area contributed by atoms with Crippen LogP contribution in [0.3, 0.4) is 0 Å². The average Bonchev–Trinajstić information content (AvgIpc) is 2.07. The molecule has 0 aromatic carbocycles. The molecule has 0 aliphatic heterocycles. The van der Waals surface area contributed by atoms with Crippen LogP contribution in [0.25, 0.3) is 0 Å². The van der Waals surface area contributed by atoms with Gasteiger partial charge in [0.25, 0.3) is 0 Å². The van der Waals surface area contributed by atoms with Crippen molar-refractivity contribution in [2.75, 3.05) is 20.8 Å². The molecule has 2 nitrogen and oxygen atoms in total. The van der Waals surface area contributed by atoms with Gasteiger partial charge in [-0.25, -0.2) is 0 Å². The highest BCUT2D eigenvalue weighted by Gasteiger charge is 1.92. The summed E-state index contributed by atoms with van der Waals surface area (Å²) in [6, 6.07) is 0. The standard InChI is InChI=1S/C9H20O.CH4O/c1-9(2)7-5-4-6-8-10-3;1-2/h9H,4-8H2,1-3H3;2H,1H3. The lowest BCUT2D eigenvalue weighted by molar-refractivity contribution is 0.191. The molecule has 0 unspecified atom stereocenters. The maximum atomic E-state index is 7.00. The van der Waals surface area contributed by atoms with Gasteiger partial charge in [-0.05, 0) is 12.3 Å². The Morgan fingerprint density at radius 2 is 1.67 bits per heavy atom. The zero-order valence-electron chi connectivity index (χ0n) is 8.97. The summed E-state index contributed by atoms with van der Waals surface area (Å²) in [7, 11) is 2.77. The second-order valence-corrected chi connectivity index (χ2v) is 3.24. The van der Waals surface area contributed by atoms with E-state index in [4.69, 9.17) is 9.84 Å². The van der Waals surface area contributed by atoms with Gasteiger partial charge >= 0.3 is 0 Å². The number of rotatable bonds is 6. The molecule has 0 atom stereocenters. The number of ether oxygens (including phenoxy) is 1. The number of aliphatic hydroxyl groups is 1. The Morgan fingerprint density at radius 3 is 2.08 bits per heavy atom. The molecule has 0 saturated heterocycles. The summed E-state index contributed by atoms with van der Waals surface area (Å²) in [6.45, 7) is 5.48. The third-order valence-electron chi connectivity index (χ3n) is 1.63. The minimum atomic E-state index is 0.863. The van der Waals surface area contributed by atoms with Gasteiger partial charge in [-0.2, -0.15) is 0 Å². The van der Waals surface area contributed by atoms with Gasteiger partial charge in [-0.3, -0.25) is 0 Å². The summed E-state index contributed by atoms with van der Waals surface area (Å²) in [5.74, 6) is 0.863.